The molecule has 1 atom stereocenters. The van der Waals surface area contributed by atoms with Crippen LogP contribution >= 0.6 is 0 Å². The molecule has 1 aliphatic carbocycles. The first-order chi connectivity index (χ1) is 16.4. The van der Waals surface area contributed by atoms with Crippen molar-refractivity contribution in [3.05, 3.63) is 72.3 Å². The van der Waals surface area contributed by atoms with Gasteiger partial charge >= 0.3 is 6.18 Å². The summed E-state index contributed by atoms with van der Waals surface area (Å²) in [4.78, 5) is 1.99. The summed E-state index contributed by atoms with van der Waals surface area (Å²) in [5, 5.41) is 34.8. The van der Waals surface area contributed by atoms with Crippen molar-refractivity contribution < 1.29 is 23.4 Å². The number of anilines is 1. The van der Waals surface area contributed by atoms with Gasteiger partial charge in [-0.1, -0.05) is 18.2 Å². The summed E-state index contributed by atoms with van der Waals surface area (Å²) in [6.07, 6.45) is -0.0214. The summed E-state index contributed by atoms with van der Waals surface area (Å²) in [7, 11) is 0. The van der Waals surface area contributed by atoms with Crippen molar-refractivity contribution in [1.82, 2.24) is 0 Å². The topological polar surface area (TPSA) is 93.1 Å². The van der Waals surface area contributed by atoms with Gasteiger partial charge in [-0.15, -0.1) is 0 Å². The Morgan fingerprint density at radius 1 is 0.824 bits per heavy atom. The van der Waals surface area contributed by atoms with Crippen molar-refractivity contribution in [2.75, 3.05) is 31.2 Å². The van der Waals surface area contributed by atoms with Crippen LogP contribution in [0.5, 0.6) is 0 Å². The number of hydrogen-bond acceptors (Lipinski definition) is 7. The van der Waals surface area contributed by atoms with E-state index < -0.39 is 17.8 Å². The molecule has 0 amide bonds. The number of allylic oxidation sites excluding steroid dienone is 2. The average Bonchev–Trinajstić information content (AvgIpc) is 2.85. The van der Waals surface area contributed by atoms with Crippen molar-refractivity contribution in [1.29, 1.82) is 0 Å². The standard InChI is InChI=1S/C24H26F3N5O2/c25-24(26,27)18-2-4-19(5-3-18)28-29-20-6-8-21(9-7-20)30-31-22-10-12-23(13-11-22)32(15-17-34)14-1-16-33/h2-4,6-13,19,33-34H,1,5,14-17H2. The van der Waals surface area contributed by atoms with Crippen LogP contribution in [0.1, 0.15) is 12.8 Å². The van der Waals surface area contributed by atoms with Crippen molar-refractivity contribution in [2.45, 2.75) is 25.1 Å². The van der Waals surface area contributed by atoms with Crippen LogP contribution in [0.2, 0.25) is 0 Å². The first kappa shape index (κ1) is 25.3. The minimum atomic E-state index is -4.34. The van der Waals surface area contributed by atoms with E-state index in [4.69, 9.17) is 5.11 Å². The summed E-state index contributed by atoms with van der Waals surface area (Å²) in [5.41, 5.74) is 2.10. The summed E-state index contributed by atoms with van der Waals surface area (Å²) < 4.78 is 37.9. The largest absolute Gasteiger partial charge is 0.416 e. The second-order valence-corrected chi connectivity index (χ2v) is 7.56. The van der Waals surface area contributed by atoms with E-state index in [-0.39, 0.29) is 19.6 Å². The molecule has 2 aromatic rings. The van der Waals surface area contributed by atoms with Crippen molar-refractivity contribution >= 4 is 22.7 Å². The molecule has 3 rings (SSSR count). The van der Waals surface area contributed by atoms with Gasteiger partial charge in [0.15, 0.2) is 0 Å². The van der Waals surface area contributed by atoms with E-state index in [1.165, 1.54) is 6.08 Å². The van der Waals surface area contributed by atoms with Gasteiger partial charge < -0.3 is 15.1 Å². The van der Waals surface area contributed by atoms with Gasteiger partial charge in [0.25, 0.3) is 0 Å². The summed E-state index contributed by atoms with van der Waals surface area (Å²) >= 11 is 0. The van der Waals surface area contributed by atoms with Crippen LogP contribution in [0, 0.1) is 0 Å². The molecular weight excluding hydrogens is 447 g/mol. The lowest BCUT2D eigenvalue weighted by Gasteiger charge is -2.23. The Morgan fingerprint density at radius 3 is 1.91 bits per heavy atom. The number of benzene rings is 2. The van der Waals surface area contributed by atoms with Crippen LogP contribution in [0.25, 0.3) is 0 Å². The molecule has 0 saturated carbocycles. The molecule has 0 heterocycles. The van der Waals surface area contributed by atoms with E-state index >= 15 is 0 Å². The maximum atomic E-state index is 12.6. The first-order valence-corrected chi connectivity index (χ1v) is 10.8. The fraction of sp³-hybridized carbons (Fsp3) is 0.333. The molecule has 2 N–H and O–H groups in total. The third-order valence-corrected chi connectivity index (χ3v) is 5.03. The molecule has 34 heavy (non-hydrogen) atoms. The Balaban J connectivity index is 1.55. The number of aliphatic hydroxyl groups excluding tert-OH is 2. The van der Waals surface area contributed by atoms with Crippen LogP contribution in [0.15, 0.2) is 92.8 Å². The molecule has 0 bridgehead atoms. The van der Waals surface area contributed by atoms with Crippen LogP contribution < -0.4 is 4.90 Å². The molecular formula is C24H26F3N5O2. The lowest BCUT2D eigenvalue weighted by Crippen LogP contribution is -2.28. The third kappa shape index (κ3) is 7.60. The molecule has 0 aliphatic heterocycles. The minimum Gasteiger partial charge on any atom is -0.396 e. The van der Waals surface area contributed by atoms with Crippen molar-refractivity contribution in [3.8, 4) is 0 Å². The zero-order valence-corrected chi connectivity index (χ0v) is 18.4. The molecule has 7 nitrogen and oxygen atoms in total. The summed E-state index contributed by atoms with van der Waals surface area (Å²) in [6, 6.07) is 13.9. The van der Waals surface area contributed by atoms with Gasteiger partial charge in [0.05, 0.1) is 35.3 Å². The maximum absolute atomic E-state index is 12.6. The Kier molecular flexibility index (Phi) is 9.06. The predicted molar refractivity (Wildman–Crippen MR) is 124 cm³/mol. The first-order valence-electron chi connectivity index (χ1n) is 10.8. The van der Waals surface area contributed by atoms with Gasteiger partial charge in [-0.2, -0.15) is 33.6 Å². The van der Waals surface area contributed by atoms with Gasteiger partial charge in [0, 0.05) is 25.4 Å². The smallest absolute Gasteiger partial charge is 0.396 e. The predicted octanol–water partition coefficient (Wildman–Crippen LogP) is 6.18. The maximum Gasteiger partial charge on any atom is 0.416 e. The van der Waals surface area contributed by atoms with Gasteiger partial charge in [0.1, 0.15) is 0 Å². The zero-order valence-electron chi connectivity index (χ0n) is 18.4. The van der Waals surface area contributed by atoms with Gasteiger partial charge in [0.2, 0.25) is 0 Å². The van der Waals surface area contributed by atoms with E-state index in [0.717, 1.165) is 17.8 Å². The Labute approximate surface area is 195 Å². The fourth-order valence-corrected chi connectivity index (χ4v) is 3.23. The molecule has 0 radical (unpaired) electrons. The number of alkyl halides is 3. The number of nitrogens with zero attached hydrogens (tertiary/aromatic N) is 5. The fourth-order valence-electron chi connectivity index (χ4n) is 3.23. The van der Waals surface area contributed by atoms with E-state index in [2.05, 4.69) is 20.5 Å². The highest BCUT2D eigenvalue weighted by Crippen LogP contribution is 2.30. The Morgan fingerprint density at radius 2 is 1.41 bits per heavy atom. The van der Waals surface area contributed by atoms with Gasteiger partial charge in [-0.25, -0.2) is 0 Å². The highest BCUT2D eigenvalue weighted by molar-refractivity contribution is 5.53. The molecule has 180 valence electrons. The zero-order chi connectivity index (χ0) is 24.4. The Hall–Kier alpha value is -3.37. The Bertz CT molecular complexity index is 1030. The van der Waals surface area contributed by atoms with E-state index in [1.54, 1.807) is 24.3 Å². The SMILES string of the molecule is OCCCN(CCO)c1ccc(N=Nc2ccc(N=NC3C=CC(C(F)(F)F)=CC3)cc2)cc1. The third-order valence-electron chi connectivity index (χ3n) is 5.03. The molecule has 0 fully saturated rings. The lowest BCUT2D eigenvalue weighted by molar-refractivity contribution is -0.0886. The molecule has 10 heteroatoms. The van der Waals surface area contributed by atoms with Gasteiger partial charge in [-0.3, -0.25) is 0 Å². The minimum absolute atomic E-state index is 0.0237. The van der Waals surface area contributed by atoms with Gasteiger partial charge in [-0.05, 0) is 61.4 Å². The summed E-state index contributed by atoms with van der Waals surface area (Å²) in [6.45, 7) is 1.23. The highest BCUT2D eigenvalue weighted by Gasteiger charge is 2.32. The number of azo groups is 2. The van der Waals surface area contributed by atoms with E-state index in [0.29, 0.717) is 36.6 Å². The number of hydrogen-bond donors (Lipinski definition) is 2. The van der Waals surface area contributed by atoms with Crippen LogP contribution in [-0.4, -0.2) is 48.7 Å². The molecule has 0 spiro atoms. The molecule has 1 aliphatic rings. The van der Waals surface area contributed by atoms with Crippen LogP contribution in [0.4, 0.5) is 35.9 Å². The summed E-state index contributed by atoms with van der Waals surface area (Å²) in [5.74, 6) is 0. The van der Waals surface area contributed by atoms with E-state index in [9.17, 15) is 18.3 Å². The quantitative estimate of drug-likeness (QED) is 0.403. The molecule has 0 saturated heterocycles. The second kappa shape index (κ2) is 12.2. The molecule has 2 aromatic carbocycles. The average molecular weight is 473 g/mol. The lowest BCUT2D eigenvalue weighted by atomic mass is 10.0. The van der Waals surface area contributed by atoms with Crippen LogP contribution in [-0.2, 0) is 0 Å². The monoisotopic (exact) mass is 473 g/mol. The number of halogens is 3. The molecule has 0 aromatic heterocycles. The van der Waals surface area contributed by atoms with Crippen molar-refractivity contribution in [3.63, 3.8) is 0 Å². The highest BCUT2D eigenvalue weighted by atomic mass is 19.4. The second-order valence-electron chi connectivity index (χ2n) is 7.56. The van der Waals surface area contributed by atoms with Crippen LogP contribution in [0.3, 0.4) is 0 Å². The normalized spacial score (nSPS) is 16.4. The van der Waals surface area contributed by atoms with Crippen molar-refractivity contribution in [2.24, 2.45) is 20.5 Å². The van der Waals surface area contributed by atoms with E-state index in [1.807, 2.05) is 29.2 Å². The molecule has 1 unspecified atom stereocenters. The number of aliphatic hydroxyl groups is 2. The number of rotatable bonds is 10.